The summed E-state index contributed by atoms with van der Waals surface area (Å²) in [7, 11) is 0. The number of nitrogens with zero attached hydrogens (tertiary/aromatic N) is 1. The van der Waals surface area contributed by atoms with Gasteiger partial charge < -0.3 is 10.2 Å². The van der Waals surface area contributed by atoms with E-state index in [1.807, 2.05) is 0 Å². The summed E-state index contributed by atoms with van der Waals surface area (Å²) in [6.07, 6.45) is 11.4. The summed E-state index contributed by atoms with van der Waals surface area (Å²) >= 11 is 0. The van der Waals surface area contributed by atoms with Gasteiger partial charge in [0.15, 0.2) is 0 Å². The molecule has 0 aromatic rings. The quantitative estimate of drug-likeness (QED) is 0.828. The molecule has 0 bridgehead atoms. The maximum atomic E-state index is 3.77. The zero-order chi connectivity index (χ0) is 12.8. The lowest BCUT2D eigenvalue weighted by Crippen LogP contribution is -2.45. The van der Waals surface area contributed by atoms with Gasteiger partial charge in [0.2, 0.25) is 0 Å². The van der Waals surface area contributed by atoms with Crippen LogP contribution in [0, 0.1) is 5.92 Å². The molecule has 1 saturated heterocycles. The Balaban J connectivity index is 1.79. The van der Waals surface area contributed by atoms with Crippen LogP contribution in [0.5, 0.6) is 0 Å². The Kier molecular flexibility index (Phi) is 5.97. The molecule has 0 aromatic heterocycles. The van der Waals surface area contributed by atoms with Gasteiger partial charge in [-0.15, -0.1) is 0 Å². The molecule has 0 aromatic carbocycles. The molecule has 2 aliphatic rings. The van der Waals surface area contributed by atoms with E-state index in [4.69, 9.17) is 0 Å². The zero-order valence-electron chi connectivity index (χ0n) is 12.5. The topological polar surface area (TPSA) is 15.3 Å². The van der Waals surface area contributed by atoms with Crippen LogP contribution in [0.4, 0.5) is 0 Å². The van der Waals surface area contributed by atoms with Gasteiger partial charge in [-0.05, 0) is 58.0 Å². The molecule has 2 fully saturated rings. The second-order valence-corrected chi connectivity index (χ2v) is 6.55. The number of hydrogen-bond acceptors (Lipinski definition) is 2. The molecule has 1 saturated carbocycles. The standard InChI is InChI=1S/C16H32N2/c1-3-16-10-12-18(11-9-14(2)17-16)13-15-7-5-4-6-8-15/h14-17H,3-13H2,1-2H3. The average molecular weight is 252 g/mol. The van der Waals surface area contributed by atoms with Crippen molar-refractivity contribution in [3.05, 3.63) is 0 Å². The monoisotopic (exact) mass is 252 g/mol. The lowest BCUT2D eigenvalue weighted by molar-refractivity contribution is 0.168. The molecule has 1 aliphatic carbocycles. The van der Waals surface area contributed by atoms with Crippen LogP contribution >= 0.6 is 0 Å². The van der Waals surface area contributed by atoms with Crippen molar-refractivity contribution in [2.45, 2.75) is 77.3 Å². The van der Waals surface area contributed by atoms with Gasteiger partial charge in [0.05, 0.1) is 0 Å². The first kappa shape index (κ1) is 14.3. The van der Waals surface area contributed by atoms with E-state index in [2.05, 4.69) is 24.1 Å². The van der Waals surface area contributed by atoms with Crippen molar-refractivity contribution in [2.75, 3.05) is 19.6 Å². The summed E-state index contributed by atoms with van der Waals surface area (Å²) in [5.41, 5.74) is 0. The van der Waals surface area contributed by atoms with Gasteiger partial charge in [-0.3, -0.25) is 0 Å². The molecule has 2 unspecified atom stereocenters. The summed E-state index contributed by atoms with van der Waals surface area (Å²) < 4.78 is 0. The molecule has 2 rings (SSSR count). The fourth-order valence-corrected chi connectivity index (χ4v) is 3.63. The van der Waals surface area contributed by atoms with Crippen LogP contribution in [-0.2, 0) is 0 Å². The molecular weight excluding hydrogens is 220 g/mol. The normalized spacial score (nSPS) is 33.0. The van der Waals surface area contributed by atoms with Gasteiger partial charge in [0.25, 0.3) is 0 Å². The highest BCUT2D eigenvalue weighted by atomic mass is 15.1. The minimum absolute atomic E-state index is 0.698. The summed E-state index contributed by atoms with van der Waals surface area (Å²) in [5.74, 6) is 1.00. The number of rotatable bonds is 3. The summed E-state index contributed by atoms with van der Waals surface area (Å²) in [4.78, 5) is 2.76. The lowest BCUT2D eigenvalue weighted by atomic mass is 9.88. The predicted molar refractivity (Wildman–Crippen MR) is 78.9 cm³/mol. The van der Waals surface area contributed by atoms with Crippen LogP contribution in [0.15, 0.2) is 0 Å². The Morgan fingerprint density at radius 1 is 1.00 bits per heavy atom. The van der Waals surface area contributed by atoms with E-state index in [1.165, 1.54) is 71.0 Å². The maximum Gasteiger partial charge on any atom is 0.00790 e. The molecular formula is C16H32N2. The smallest absolute Gasteiger partial charge is 0.00790 e. The molecule has 18 heavy (non-hydrogen) atoms. The van der Waals surface area contributed by atoms with E-state index in [0.29, 0.717) is 6.04 Å². The molecule has 2 nitrogen and oxygen atoms in total. The molecule has 0 spiro atoms. The van der Waals surface area contributed by atoms with Crippen LogP contribution in [0.25, 0.3) is 0 Å². The Bertz CT molecular complexity index is 223. The highest BCUT2D eigenvalue weighted by Crippen LogP contribution is 2.25. The van der Waals surface area contributed by atoms with Gasteiger partial charge in [0.1, 0.15) is 0 Å². The van der Waals surface area contributed by atoms with E-state index in [1.54, 1.807) is 0 Å². The zero-order valence-corrected chi connectivity index (χ0v) is 12.5. The van der Waals surface area contributed by atoms with Crippen molar-refractivity contribution in [1.82, 2.24) is 10.2 Å². The Morgan fingerprint density at radius 2 is 1.72 bits per heavy atom. The van der Waals surface area contributed by atoms with Crippen LogP contribution in [0.3, 0.4) is 0 Å². The Labute approximate surface area is 114 Å². The molecule has 1 heterocycles. The highest BCUT2D eigenvalue weighted by molar-refractivity contribution is 4.79. The number of nitrogens with one attached hydrogen (secondary N) is 1. The van der Waals surface area contributed by atoms with Gasteiger partial charge in [-0.25, -0.2) is 0 Å². The van der Waals surface area contributed by atoms with E-state index < -0.39 is 0 Å². The van der Waals surface area contributed by atoms with Crippen LogP contribution in [0.2, 0.25) is 0 Å². The van der Waals surface area contributed by atoms with Crippen molar-refractivity contribution in [1.29, 1.82) is 0 Å². The third kappa shape index (κ3) is 4.55. The van der Waals surface area contributed by atoms with Crippen LogP contribution in [-0.4, -0.2) is 36.6 Å². The van der Waals surface area contributed by atoms with E-state index in [0.717, 1.165) is 12.0 Å². The first-order chi connectivity index (χ1) is 8.78. The molecule has 106 valence electrons. The first-order valence-electron chi connectivity index (χ1n) is 8.26. The van der Waals surface area contributed by atoms with Crippen LogP contribution in [0.1, 0.15) is 65.2 Å². The molecule has 0 amide bonds. The Hall–Kier alpha value is -0.0800. The maximum absolute atomic E-state index is 3.77. The minimum Gasteiger partial charge on any atom is -0.311 e. The van der Waals surface area contributed by atoms with E-state index >= 15 is 0 Å². The largest absolute Gasteiger partial charge is 0.311 e. The minimum atomic E-state index is 0.698. The van der Waals surface area contributed by atoms with Crippen molar-refractivity contribution in [3.63, 3.8) is 0 Å². The van der Waals surface area contributed by atoms with Gasteiger partial charge in [-0.2, -0.15) is 0 Å². The van der Waals surface area contributed by atoms with Crippen LogP contribution < -0.4 is 5.32 Å². The molecule has 1 N–H and O–H groups in total. The lowest BCUT2D eigenvalue weighted by Gasteiger charge is -2.34. The SMILES string of the molecule is CCC1CCN(CC2CCCCC2)CCC(C)N1. The van der Waals surface area contributed by atoms with Gasteiger partial charge >= 0.3 is 0 Å². The summed E-state index contributed by atoms with van der Waals surface area (Å²) in [6, 6.07) is 1.44. The van der Waals surface area contributed by atoms with Gasteiger partial charge in [0, 0.05) is 18.6 Å². The molecule has 1 aliphatic heterocycles. The second kappa shape index (κ2) is 7.49. The average Bonchev–Trinajstić information content (AvgIpc) is 2.39. The third-order valence-electron chi connectivity index (χ3n) is 4.93. The van der Waals surface area contributed by atoms with Crippen molar-refractivity contribution >= 4 is 0 Å². The van der Waals surface area contributed by atoms with Crippen molar-refractivity contribution in [2.24, 2.45) is 5.92 Å². The molecule has 0 radical (unpaired) electrons. The second-order valence-electron chi connectivity index (χ2n) is 6.55. The molecule has 2 atom stereocenters. The fourth-order valence-electron chi connectivity index (χ4n) is 3.63. The van der Waals surface area contributed by atoms with Crippen molar-refractivity contribution < 1.29 is 0 Å². The summed E-state index contributed by atoms with van der Waals surface area (Å²) in [5, 5.41) is 3.77. The predicted octanol–water partition coefficient (Wildman–Crippen LogP) is 3.42. The van der Waals surface area contributed by atoms with E-state index in [9.17, 15) is 0 Å². The highest BCUT2D eigenvalue weighted by Gasteiger charge is 2.21. The summed E-state index contributed by atoms with van der Waals surface area (Å²) in [6.45, 7) is 8.67. The van der Waals surface area contributed by atoms with Gasteiger partial charge in [-0.1, -0.05) is 26.2 Å². The molecule has 2 heteroatoms. The van der Waals surface area contributed by atoms with E-state index in [-0.39, 0.29) is 0 Å². The Morgan fingerprint density at radius 3 is 2.44 bits per heavy atom. The fraction of sp³-hybridized carbons (Fsp3) is 1.00. The first-order valence-corrected chi connectivity index (χ1v) is 8.26. The number of hydrogen-bond donors (Lipinski definition) is 1. The third-order valence-corrected chi connectivity index (χ3v) is 4.93. The van der Waals surface area contributed by atoms with Crippen molar-refractivity contribution in [3.8, 4) is 0 Å².